The molecular weight excluding hydrogens is 402 g/mol. The van der Waals surface area contributed by atoms with Gasteiger partial charge in [-0.25, -0.2) is 26.5 Å². The van der Waals surface area contributed by atoms with Crippen LogP contribution >= 0.6 is 0 Å². The molecule has 156 valence electrons. The molecule has 1 aliphatic rings. The molecule has 1 aliphatic heterocycles. The van der Waals surface area contributed by atoms with E-state index in [0.29, 0.717) is 28.2 Å². The van der Waals surface area contributed by atoms with Crippen molar-refractivity contribution in [3.63, 3.8) is 0 Å². The van der Waals surface area contributed by atoms with Crippen molar-refractivity contribution in [3.05, 3.63) is 41.9 Å². The number of hydrogen-bond donors (Lipinski definition) is 1. The number of hydrogen-bond acceptors (Lipinski definition) is 5. The lowest BCUT2D eigenvalue weighted by molar-refractivity contribution is -0.114. The molecule has 1 saturated heterocycles. The van der Waals surface area contributed by atoms with Crippen LogP contribution in [-0.4, -0.2) is 47.6 Å². The van der Waals surface area contributed by atoms with Crippen LogP contribution in [0.15, 0.2) is 30.6 Å². The number of aryl methyl sites for hydroxylation is 1. The molecule has 1 N–H and O–H groups in total. The predicted molar refractivity (Wildman–Crippen MR) is 105 cm³/mol. The van der Waals surface area contributed by atoms with E-state index in [1.54, 1.807) is 31.3 Å². The summed E-state index contributed by atoms with van der Waals surface area (Å²) in [6, 6.07) is 5.10. The summed E-state index contributed by atoms with van der Waals surface area (Å²) >= 11 is 0. The summed E-state index contributed by atoms with van der Waals surface area (Å²) in [5.41, 5.74) is 2.43. The van der Waals surface area contributed by atoms with E-state index in [4.69, 9.17) is 0 Å². The van der Waals surface area contributed by atoms with Gasteiger partial charge in [0.2, 0.25) is 15.9 Å². The first-order valence-corrected chi connectivity index (χ1v) is 10.7. The monoisotopic (exact) mass is 424 g/mol. The second kappa shape index (κ2) is 8.11. The number of carbonyl (C=O) groups excluding carboxylic acids is 1. The summed E-state index contributed by atoms with van der Waals surface area (Å²) < 4.78 is 53.3. The Hall–Kier alpha value is -2.46. The molecule has 2 aromatic heterocycles. The largest absolute Gasteiger partial charge is 0.311 e. The number of aromatic nitrogens is 2. The van der Waals surface area contributed by atoms with Gasteiger partial charge in [-0.2, -0.15) is 0 Å². The van der Waals surface area contributed by atoms with E-state index in [1.807, 2.05) is 0 Å². The van der Waals surface area contributed by atoms with Gasteiger partial charge in [0.25, 0.3) is 5.92 Å². The van der Waals surface area contributed by atoms with Crippen molar-refractivity contribution >= 4 is 21.7 Å². The van der Waals surface area contributed by atoms with Crippen molar-refractivity contribution in [2.24, 2.45) is 0 Å². The highest BCUT2D eigenvalue weighted by atomic mass is 32.2. The minimum atomic E-state index is -3.74. The number of pyridine rings is 2. The zero-order valence-corrected chi connectivity index (χ0v) is 17.0. The topological polar surface area (TPSA) is 92.3 Å². The van der Waals surface area contributed by atoms with Gasteiger partial charge in [-0.15, -0.1) is 0 Å². The van der Waals surface area contributed by atoms with Crippen LogP contribution < -0.4 is 5.32 Å². The van der Waals surface area contributed by atoms with Crippen molar-refractivity contribution < 1.29 is 22.0 Å². The number of nitrogens with one attached hydrogen (secondary N) is 1. The number of nitrogens with zero attached hydrogens (tertiary/aromatic N) is 3. The van der Waals surface area contributed by atoms with Gasteiger partial charge >= 0.3 is 0 Å². The molecule has 3 rings (SSSR count). The predicted octanol–water partition coefficient (Wildman–Crippen LogP) is 2.97. The van der Waals surface area contributed by atoms with Crippen LogP contribution in [0.1, 0.15) is 31.0 Å². The van der Waals surface area contributed by atoms with Gasteiger partial charge < -0.3 is 5.32 Å². The fourth-order valence-electron chi connectivity index (χ4n) is 3.12. The maximum atomic E-state index is 13.3. The van der Waals surface area contributed by atoms with Crippen molar-refractivity contribution in [1.29, 1.82) is 0 Å². The smallest absolute Gasteiger partial charge is 0.250 e. The molecule has 29 heavy (non-hydrogen) atoms. The highest BCUT2D eigenvalue weighted by Gasteiger charge is 2.38. The maximum absolute atomic E-state index is 13.3. The number of anilines is 1. The van der Waals surface area contributed by atoms with Crippen LogP contribution in [0.25, 0.3) is 11.1 Å². The molecule has 0 atom stereocenters. The minimum Gasteiger partial charge on any atom is -0.311 e. The second-order valence-electron chi connectivity index (χ2n) is 7.09. The zero-order valence-electron chi connectivity index (χ0n) is 16.2. The van der Waals surface area contributed by atoms with Crippen LogP contribution in [0.2, 0.25) is 0 Å². The summed E-state index contributed by atoms with van der Waals surface area (Å²) in [4.78, 5) is 19.6. The highest BCUT2D eigenvalue weighted by Crippen LogP contribution is 2.30. The van der Waals surface area contributed by atoms with Crippen LogP contribution in [0.4, 0.5) is 14.6 Å². The number of halogens is 2. The maximum Gasteiger partial charge on any atom is 0.250 e. The first-order chi connectivity index (χ1) is 13.6. The number of sulfonamides is 1. The number of amides is 1. The minimum absolute atomic E-state index is 0.189. The average Bonchev–Trinajstić information content (AvgIpc) is 2.62. The quantitative estimate of drug-likeness (QED) is 0.797. The summed E-state index contributed by atoms with van der Waals surface area (Å²) in [7, 11) is -3.74. The molecule has 10 heteroatoms. The molecule has 3 heterocycles. The lowest BCUT2D eigenvalue weighted by atomic mass is 10.1. The number of alkyl halides is 2. The Balaban J connectivity index is 1.83. The van der Waals surface area contributed by atoms with Gasteiger partial charge in [0.15, 0.2) is 0 Å². The Labute approximate surface area is 168 Å². The molecule has 0 aromatic carbocycles. The van der Waals surface area contributed by atoms with Crippen molar-refractivity contribution in [2.75, 3.05) is 18.4 Å². The Morgan fingerprint density at radius 3 is 2.55 bits per heavy atom. The lowest BCUT2D eigenvalue weighted by Gasteiger charge is -2.31. The molecule has 0 bridgehead atoms. The molecule has 0 aliphatic carbocycles. The summed E-state index contributed by atoms with van der Waals surface area (Å²) in [5, 5.41) is 2.59. The molecule has 0 saturated carbocycles. The zero-order chi connectivity index (χ0) is 21.2. The van der Waals surface area contributed by atoms with Crippen LogP contribution in [0.3, 0.4) is 0 Å². The van der Waals surface area contributed by atoms with E-state index in [-0.39, 0.29) is 24.7 Å². The Kier molecular flexibility index (Phi) is 5.95. The summed E-state index contributed by atoms with van der Waals surface area (Å²) in [6.07, 6.45) is 2.21. The van der Waals surface area contributed by atoms with Gasteiger partial charge in [-0.05, 0) is 36.2 Å². The molecular formula is C19H22F2N4O3S. The van der Waals surface area contributed by atoms with Gasteiger partial charge in [0.1, 0.15) is 5.82 Å². The Bertz CT molecular complexity index is 1020. The second-order valence-corrected chi connectivity index (χ2v) is 9.06. The number of piperidine rings is 1. The van der Waals surface area contributed by atoms with Gasteiger partial charge in [-0.1, -0.05) is 0 Å². The summed E-state index contributed by atoms with van der Waals surface area (Å²) in [5.74, 6) is -3.00. The van der Waals surface area contributed by atoms with Gasteiger partial charge in [0, 0.05) is 56.5 Å². The molecule has 0 radical (unpaired) electrons. The first-order valence-electron chi connectivity index (χ1n) is 9.11. The fourth-order valence-corrected chi connectivity index (χ4v) is 4.73. The van der Waals surface area contributed by atoms with Crippen molar-refractivity contribution in [3.8, 4) is 11.1 Å². The van der Waals surface area contributed by atoms with Gasteiger partial charge in [0.05, 0.1) is 5.75 Å². The number of carbonyl (C=O) groups is 1. The van der Waals surface area contributed by atoms with E-state index in [1.165, 1.54) is 13.1 Å². The molecule has 0 unspecified atom stereocenters. The molecule has 2 aromatic rings. The van der Waals surface area contributed by atoms with Crippen molar-refractivity contribution in [2.45, 2.75) is 38.4 Å². The van der Waals surface area contributed by atoms with E-state index in [0.717, 1.165) is 4.31 Å². The van der Waals surface area contributed by atoms with E-state index < -0.39 is 28.8 Å². The molecule has 1 fully saturated rings. The fraction of sp³-hybridized carbons (Fsp3) is 0.421. The standard InChI is InChI=1S/C19H22F2N4O3S/c1-13-17(12-29(27,28)25-7-4-19(20,21)5-8-25)9-16(11-23-13)15-3-6-22-18(10-15)24-14(2)26/h3,6,9-11H,4-5,7-8,12H2,1-2H3,(H,22,24,26). The molecule has 0 spiro atoms. The summed E-state index contributed by atoms with van der Waals surface area (Å²) in [6.45, 7) is 2.70. The Morgan fingerprint density at radius 2 is 1.90 bits per heavy atom. The third kappa shape index (κ3) is 5.33. The van der Waals surface area contributed by atoms with Crippen LogP contribution in [-0.2, 0) is 20.6 Å². The number of rotatable bonds is 5. The van der Waals surface area contributed by atoms with Crippen LogP contribution in [0.5, 0.6) is 0 Å². The molecule has 7 nitrogen and oxygen atoms in total. The average molecular weight is 424 g/mol. The van der Waals surface area contributed by atoms with E-state index >= 15 is 0 Å². The van der Waals surface area contributed by atoms with E-state index in [2.05, 4.69) is 15.3 Å². The third-order valence-electron chi connectivity index (χ3n) is 4.77. The van der Waals surface area contributed by atoms with Crippen molar-refractivity contribution in [1.82, 2.24) is 14.3 Å². The first kappa shape index (κ1) is 21.3. The highest BCUT2D eigenvalue weighted by molar-refractivity contribution is 7.88. The SMILES string of the molecule is CC(=O)Nc1cc(-c2cnc(C)c(CS(=O)(=O)N3CCC(F)(F)CC3)c2)ccn1. The van der Waals surface area contributed by atoms with Crippen LogP contribution in [0, 0.1) is 6.92 Å². The third-order valence-corrected chi connectivity index (χ3v) is 6.60. The van der Waals surface area contributed by atoms with E-state index in [9.17, 15) is 22.0 Å². The molecule has 1 amide bonds. The van der Waals surface area contributed by atoms with Gasteiger partial charge in [-0.3, -0.25) is 9.78 Å². The Morgan fingerprint density at radius 1 is 1.21 bits per heavy atom. The lowest BCUT2D eigenvalue weighted by Crippen LogP contribution is -2.43. The normalized spacial score (nSPS) is 17.1.